The van der Waals surface area contributed by atoms with Crippen molar-refractivity contribution >= 4 is 35.6 Å². The van der Waals surface area contributed by atoms with Gasteiger partial charge in [0.25, 0.3) is 11.7 Å². The van der Waals surface area contributed by atoms with Gasteiger partial charge in [-0.15, -0.1) is 0 Å². The summed E-state index contributed by atoms with van der Waals surface area (Å²) >= 11 is 0. The molecule has 2 aromatic rings. The number of hydrogen-bond donors (Lipinski definition) is 1. The van der Waals surface area contributed by atoms with Crippen LogP contribution in [0, 0.1) is 0 Å². The van der Waals surface area contributed by atoms with E-state index < -0.39 is 29.6 Å². The third-order valence-corrected chi connectivity index (χ3v) is 4.66. The molecule has 0 aliphatic carbocycles. The van der Waals surface area contributed by atoms with Crippen molar-refractivity contribution in [1.29, 1.82) is 0 Å². The number of hydrogen-bond acceptors (Lipinski definition) is 9. The lowest BCUT2D eigenvalue weighted by atomic mass is 10.1. The van der Waals surface area contributed by atoms with Crippen molar-refractivity contribution < 1.29 is 42.9 Å². The van der Waals surface area contributed by atoms with Crippen molar-refractivity contribution in [3.05, 3.63) is 59.2 Å². The first-order valence-electron chi connectivity index (χ1n) is 10.7. The molecule has 0 bridgehead atoms. The van der Waals surface area contributed by atoms with Gasteiger partial charge in [0.2, 0.25) is 0 Å². The highest BCUT2D eigenvalue weighted by Crippen LogP contribution is 2.31. The monoisotopic (exact) mass is 483 g/mol. The van der Waals surface area contributed by atoms with Gasteiger partial charge in [0.1, 0.15) is 5.57 Å². The molecule has 35 heavy (non-hydrogen) atoms. The summed E-state index contributed by atoms with van der Waals surface area (Å²) in [4.78, 5) is 48.7. The average Bonchev–Trinajstić information content (AvgIpc) is 2.80. The molecule has 184 valence electrons. The summed E-state index contributed by atoms with van der Waals surface area (Å²) in [6.07, 6.45) is 1.32. The van der Waals surface area contributed by atoms with Crippen molar-refractivity contribution in [3.8, 4) is 11.5 Å². The highest BCUT2D eigenvalue weighted by atomic mass is 16.7. The Bertz CT molecular complexity index is 1160. The number of benzene rings is 2. The number of ether oxygens (including phenoxy) is 5. The topological polar surface area (TPSA) is 126 Å². The Balaban J connectivity index is 1.73. The standard InChI is InChI=1S/C25H25NO9/c1-5-32-20-13-15(12-17-23(29)34-25(2,3)35-24(17)30)10-11-19(20)33-14-21(27)26-18-9-7-6-8-16(18)22(28)31-4/h6-13H,5,14H2,1-4H3,(H,26,27). The fourth-order valence-corrected chi connectivity index (χ4v) is 3.16. The smallest absolute Gasteiger partial charge is 0.348 e. The lowest BCUT2D eigenvalue weighted by Gasteiger charge is -2.29. The molecule has 1 saturated heterocycles. The Morgan fingerprint density at radius 1 is 1.00 bits per heavy atom. The second kappa shape index (κ2) is 10.7. The SMILES string of the molecule is CCOc1cc(C=C2C(=O)OC(C)(C)OC2=O)ccc1OCC(=O)Nc1ccccc1C(=O)OC. The molecule has 2 aromatic carbocycles. The highest BCUT2D eigenvalue weighted by Gasteiger charge is 2.38. The number of cyclic esters (lactones) is 2. The number of anilines is 1. The molecule has 0 saturated carbocycles. The minimum atomic E-state index is -1.34. The van der Waals surface area contributed by atoms with Gasteiger partial charge in [-0.25, -0.2) is 14.4 Å². The second-order valence-electron chi connectivity index (χ2n) is 7.75. The van der Waals surface area contributed by atoms with E-state index in [4.69, 9.17) is 23.7 Å². The van der Waals surface area contributed by atoms with Gasteiger partial charge in [-0.05, 0) is 42.8 Å². The van der Waals surface area contributed by atoms with Crippen molar-refractivity contribution in [1.82, 2.24) is 0 Å². The zero-order valence-electron chi connectivity index (χ0n) is 19.7. The first kappa shape index (κ1) is 25.3. The van der Waals surface area contributed by atoms with E-state index in [1.54, 1.807) is 37.3 Å². The van der Waals surface area contributed by atoms with Crippen LogP contribution in [0.5, 0.6) is 11.5 Å². The summed E-state index contributed by atoms with van der Waals surface area (Å²) in [5.74, 6) is -3.47. The lowest BCUT2D eigenvalue weighted by Crippen LogP contribution is -2.41. The molecule has 0 radical (unpaired) electrons. The summed E-state index contributed by atoms with van der Waals surface area (Å²) in [6.45, 7) is 4.62. The summed E-state index contributed by atoms with van der Waals surface area (Å²) in [5, 5.41) is 2.61. The van der Waals surface area contributed by atoms with Crippen molar-refractivity contribution in [3.63, 3.8) is 0 Å². The number of para-hydroxylation sites is 1. The highest BCUT2D eigenvalue weighted by molar-refractivity contribution is 6.18. The third kappa shape index (κ3) is 6.38. The summed E-state index contributed by atoms with van der Waals surface area (Å²) in [5.41, 5.74) is 0.693. The van der Waals surface area contributed by atoms with Crippen molar-refractivity contribution in [2.75, 3.05) is 25.6 Å². The second-order valence-corrected chi connectivity index (χ2v) is 7.75. The molecule has 10 nitrogen and oxygen atoms in total. The van der Waals surface area contributed by atoms with Crippen LogP contribution in [-0.4, -0.2) is 49.9 Å². The molecular weight excluding hydrogens is 458 g/mol. The minimum absolute atomic E-state index is 0.207. The Morgan fingerprint density at radius 2 is 1.69 bits per heavy atom. The van der Waals surface area contributed by atoms with Gasteiger partial charge in [0, 0.05) is 13.8 Å². The number of methoxy groups -OCH3 is 1. The predicted molar refractivity (Wildman–Crippen MR) is 124 cm³/mol. The molecule has 0 unspecified atom stereocenters. The van der Waals surface area contributed by atoms with Crippen LogP contribution in [-0.2, 0) is 28.6 Å². The van der Waals surface area contributed by atoms with E-state index in [-0.39, 0.29) is 29.2 Å². The minimum Gasteiger partial charge on any atom is -0.490 e. The van der Waals surface area contributed by atoms with E-state index in [1.807, 2.05) is 0 Å². The van der Waals surface area contributed by atoms with Gasteiger partial charge in [-0.1, -0.05) is 18.2 Å². The lowest BCUT2D eigenvalue weighted by molar-refractivity contribution is -0.222. The zero-order chi connectivity index (χ0) is 25.6. The van der Waals surface area contributed by atoms with Gasteiger partial charge >= 0.3 is 17.9 Å². The Morgan fingerprint density at radius 3 is 2.34 bits per heavy atom. The largest absolute Gasteiger partial charge is 0.490 e. The van der Waals surface area contributed by atoms with Gasteiger partial charge in [-0.3, -0.25) is 4.79 Å². The van der Waals surface area contributed by atoms with E-state index in [0.29, 0.717) is 17.9 Å². The zero-order valence-corrected chi connectivity index (χ0v) is 19.7. The van der Waals surface area contributed by atoms with Crippen LogP contribution in [0.3, 0.4) is 0 Å². The van der Waals surface area contributed by atoms with Crippen LogP contribution in [0.15, 0.2) is 48.0 Å². The molecule has 10 heteroatoms. The number of carbonyl (C=O) groups excluding carboxylic acids is 4. The number of amides is 1. The predicted octanol–water partition coefficient (Wildman–Crippen LogP) is 3.11. The van der Waals surface area contributed by atoms with Gasteiger partial charge in [0.15, 0.2) is 18.1 Å². The Kier molecular flexibility index (Phi) is 7.75. The molecule has 0 spiro atoms. The normalized spacial score (nSPS) is 14.3. The fraction of sp³-hybridized carbons (Fsp3) is 0.280. The van der Waals surface area contributed by atoms with Crippen molar-refractivity contribution in [2.45, 2.75) is 26.6 Å². The van der Waals surface area contributed by atoms with Crippen LogP contribution in [0.4, 0.5) is 5.69 Å². The molecule has 1 heterocycles. The molecule has 1 fully saturated rings. The maximum absolute atomic E-state index is 12.4. The van der Waals surface area contributed by atoms with Gasteiger partial charge < -0.3 is 29.0 Å². The fourth-order valence-electron chi connectivity index (χ4n) is 3.16. The quantitative estimate of drug-likeness (QED) is 0.342. The maximum Gasteiger partial charge on any atom is 0.348 e. The third-order valence-electron chi connectivity index (χ3n) is 4.66. The van der Waals surface area contributed by atoms with E-state index in [1.165, 1.54) is 39.2 Å². The van der Waals surface area contributed by atoms with Crippen LogP contribution in [0.1, 0.15) is 36.7 Å². The molecule has 3 rings (SSSR count). The average molecular weight is 483 g/mol. The molecule has 1 aliphatic heterocycles. The van der Waals surface area contributed by atoms with E-state index in [0.717, 1.165) is 0 Å². The summed E-state index contributed by atoms with van der Waals surface area (Å²) < 4.78 is 26.1. The van der Waals surface area contributed by atoms with E-state index >= 15 is 0 Å². The Hall–Kier alpha value is -4.34. The number of esters is 3. The number of carbonyl (C=O) groups is 4. The molecule has 0 atom stereocenters. The molecule has 1 amide bonds. The molecule has 0 aromatic heterocycles. The van der Waals surface area contributed by atoms with Crippen LogP contribution < -0.4 is 14.8 Å². The van der Waals surface area contributed by atoms with Crippen LogP contribution in [0.2, 0.25) is 0 Å². The first-order chi connectivity index (χ1) is 16.6. The van der Waals surface area contributed by atoms with Gasteiger partial charge in [0.05, 0.1) is 25.0 Å². The number of rotatable bonds is 8. The molecule has 1 aliphatic rings. The van der Waals surface area contributed by atoms with E-state index in [9.17, 15) is 19.2 Å². The maximum atomic E-state index is 12.4. The molecular formula is C25H25NO9. The number of nitrogens with one attached hydrogen (secondary N) is 1. The van der Waals surface area contributed by atoms with Crippen LogP contribution >= 0.6 is 0 Å². The van der Waals surface area contributed by atoms with Crippen molar-refractivity contribution in [2.24, 2.45) is 0 Å². The van der Waals surface area contributed by atoms with Gasteiger partial charge in [-0.2, -0.15) is 0 Å². The van der Waals surface area contributed by atoms with E-state index in [2.05, 4.69) is 5.32 Å². The Labute approximate surface area is 201 Å². The first-order valence-corrected chi connectivity index (χ1v) is 10.7. The molecule has 1 N–H and O–H groups in total. The summed E-state index contributed by atoms with van der Waals surface area (Å²) in [6, 6.07) is 11.1. The van der Waals surface area contributed by atoms with Crippen LogP contribution in [0.25, 0.3) is 6.08 Å². The summed E-state index contributed by atoms with van der Waals surface area (Å²) in [7, 11) is 1.25.